The number of imidazole rings is 1. The topological polar surface area (TPSA) is 183 Å². The third-order valence-electron chi connectivity index (χ3n) is 4.98. The fourth-order valence-electron chi connectivity index (χ4n) is 3.56. The first kappa shape index (κ1) is 30.1. The van der Waals surface area contributed by atoms with Crippen LogP contribution in [-0.4, -0.2) is 53.8 Å². The SMILES string of the molecule is CCNC(=O)Nc1nc2c([C@H]3CCCO3)c(F)c(-c3cnc([C-](C)C)nc3)cc2[nH]1.O=P(O)(O)O.[Na+]. The van der Waals surface area contributed by atoms with E-state index in [4.69, 9.17) is 24.0 Å². The van der Waals surface area contributed by atoms with Crippen LogP contribution >= 0.6 is 7.82 Å². The van der Waals surface area contributed by atoms with E-state index < -0.39 is 13.6 Å². The number of urea groups is 1. The molecule has 1 fully saturated rings. The van der Waals surface area contributed by atoms with Crippen molar-refractivity contribution in [2.45, 2.75) is 39.7 Å². The van der Waals surface area contributed by atoms with E-state index in [9.17, 15) is 4.79 Å². The van der Waals surface area contributed by atoms with Gasteiger partial charge in [0.25, 0.3) is 0 Å². The van der Waals surface area contributed by atoms with Crippen molar-refractivity contribution in [1.29, 1.82) is 0 Å². The summed E-state index contributed by atoms with van der Waals surface area (Å²) < 4.78 is 30.3. The second-order valence-corrected chi connectivity index (χ2v) is 8.95. The van der Waals surface area contributed by atoms with Crippen LogP contribution in [0.5, 0.6) is 0 Å². The van der Waals surface area contributed by atoms with E-state index in [2.05, 4.69) is 30.6 Å². The average Bonchev–Trinajstić information content (AvgIpc) is 3.42. The number of H-pyrrole nitrogens is 1. The number of fused-ring (bicyclic) bond motifs is 1. The summed E-state index contributed by atoms with van der Waals surface area (Å²) in [4.78, 5) is 49.6. The van der Waals surface area contributed by atoms with E-state index in [1.165, 1.54) is 0 Å². The first-order chi connectivity index (χ1) is 16.5. The zero-order valence-corrected chi connectivity index (χ0v) is 23.3. The summed E-state index contributed by atoms with van der Waals surface area (Å²) >= 11 is 0. The largest absolute Gasteiger partial charge is 1.00 e. The summed E-state index contributed by atoms with van der Waals surface area (Å²) in [5.41, 5.74) is 2.37. The number of aromatic amines is 1. The van der Waals surface area contributed by atoms with Crippen LogP contribution in [0.3, 0.4) is 0 Å². The molecule has 0 unspecified atom stereocenters. The van der Waals surface area contributed by atoms with Crippen molar-refractivity contribution >= 4 is 30.8 Å². The molecular weight excluding hydrogens is 505 g/mol. The van der Waals surface area contributed by atoms with Crippen LogP contribution in [0.25, 0.3) is 22.2 Å². The van der Waals surface area contributed by atoms with Gasteiger partial charge < -0.3 is 35.6 Å². The van der Waals surface area contributed by atoms with Crippen molar-refractivity contribution in [2.75, 3.05) is 18.5 Å². The standard InChI is InChI=1S/C21H24FN6O2.Na.H3O4P/c1-4-23-21(29)28-20-26-14-8-13(12-9-24-19(11(2)3)25-10-12)17(22)16(18(14)27-20)15-6-5-7-30-15;;1-5(2,3)4/h8-10,15H,4-7H2,1-3H3,(H3,23,26,27,28,29);;(H3,1,2,3,4)/q-1;+1;/t15-;;/m1../s1. The number of halogens is 1. The van der Waals surface area contributed by atoms with Gasteiger partial charge in [-0.25, -0.2) is 18.7 Å². The molecule has 0 aliphatic carbocycles. The zero-order valence-electron chi connectivity index (χ0n) is 20.4. The van der Waals surface area contributed by atoms with Crippen molar-refractivity contribution in [3.63, 3.8) is 0 Å². The molecule has 12 nitrogen and oxygen atoms in total. The van der Waals surface area contributed by atoms with Crippen molar-refractivity contribution in [2.24, 2.45) is 0 Å². The molecule has 2 amide bonds. The Morgan fingerprint density at radius 3 is 2.47 bits per heavy atom. The summed E-state index contributed by atoms with van der Waals surface area (Å²) in [5.74, 6) is 1.44. The number of nitrogens with zero attached hydrogens (tertiary/aromatic N) is 3. The third kappa shape index (κ3) is 7.95. The van der Waals surface area contributed by atoms with Gasteiger partial charge in [-0.15, -0.1) is 0 Å². The van der Waals surface area contributed by atoms with Gasteiger partial charge in [0, 0.05) is 42.2 Å². The van der Waals surface area contributed by atoms with Crippen LogP contribution in [0.15, 0.2) is 18.5 Å². The second-order valence-electron chi connectivity index (χ2n) is 7.93. The molecule has 1 saturated heterocycles. The molecule has 0 radical (unpaired) electrons. The molecule has 4 rings (SSSR count). The zero-order chi connectivity index (χ0) is 25.8. The first-order valence-corrected chi connectivity index (χ1v) is 12.3. The fraction of sp³-hybridized carbons (Fsp3) is 0.381. The summed E-state index contributed by atoms with van der Waals surface area (Å²) in [6.45, 7) is 6.72. The molecule has 0 saturated carbocycles. The average molecular weight is 532 g/mol. The van der Waals surface area contributed by atoms with Gasteiger partial charge in [-0.3, -0.25) is 15.3 Å². The Balaban J connectivity index is 0.000000694. The molecular formula is C21H27FN6NaO6P. The minimum atomic E-state index is -4.64. The van der Waals surface area contributed by atoms with Gasteiger partial charge in [-0.2, -0.15) is 13.8 Å². The molecule has 6 N–H and O–H groups in total. The molecule has 2 aromatic heterocycles. The van der Waals surface area contributed by atoms with Gasteiger partial charge in [0.15, 0.2) is 0 Å². The molecule has 1 aromatic carbocycles. The molecule has 1 atom stereocenters. The normalized spacial score (nSPS) is 15.0. The second kappa shape index (κ2) is 12.9. The maximum atomic E-state index is 15.7. The van der Waals surface area contributed by atoms with Crippen LogP contribution in [0.1, 0.15) is 51.1 Å². The quantitative estimate of drug-likeness (QED) is 0.152. The predicted octanol–water partition coefficient (Wildman–Crippen LogP) is 0.190. The molecule has 3 aromatic rings. The molecule has 3 heterocycles. The number of anilines is 1. The first-order valence-electron chi connectivity index (χ1n) is 10.8. The summed E-state index contributed by atoms with van der Waals surface area (Å²) in [7, 11) is -4.64. The number of amides is 2. The summed E-state index contributed by atoms with van der Waals surface area (Å²) in [6, 6.07) is 1.28. The molecule has 15 heteroatoms. The third-order valence-corrected chi connectivity index (χ3v) is 4.98. The predicted molar refractivity (Wildman–Crippen MR) is 126 cm³/mol. The number of benzene rings is 1. The van der Waals surface area contributed by atoms with Gasteiger partial charge in [0.05, 0.1) is 17.1 Å². The fourth-order valence-corrected chi connectivity index (χ4v) is 3.56. The van der Waals surface area contributed by atoms with E-state index in [-0.39, 0.29) is 47.6 Å². The van der Waals surface area contributed by atoms with E-state index in [0.29, 0.717) is 53.1 Å². The number of ether oxygens (including phenoxy) is 1. The van der Waals surface area contributed by atoms with Crippen molar-refractivity contribution < 1.29 is 62.7 Å². The maximum absolute atomic E-state index is 15.7. The Morgan fingerprint density at radius 2 is 1.94 bits per heavy atom. The number of nitrogens with one attached hydrogen (secondary N) is 3. The Kier molecular flexibility index (Phi) is 10.8. The Labute approximate surface area is 229 Å². The van der Waals surface area contributed by atoms with Crippen molar-refractivity contribution in [3.05, 3.63) is 41.6 Å². The van der Waals surface area contributed by atoms with Gasteiger partial charge in [-0.1, -0.05) is 0 Å². The van der Waals surface area contributed by atoms with Crippen LogP contribution in [0.4, 0.5) is 15.1 Å². The molecule has 36 heavy (non-hydrogen) atoms. The number of hydrogen-bond acceptors (Lipinski definition) is 6. The van der Waals surface area contributed by atoms with Crippen LogP contribution < -0.4 is 40.2 Å². The number of hydrogen-bond donors (Lipinski definition) is 6. The van der Waals surface area contributed by atoms with E-state index in [1.54, 1.807) is 18.5 Å². The Morgan fingerprint density at radius 1 is 1.31 bits per heavy atom. The van der Waals surface area contributed by atoms with Gasteiger partial charge in [0.2, 0.25) is 5.95 Å². The van der Waals surface area contributed by atoms with E-state index in [1.807, 2.05) is 20.8 Å². The molecule has 190 valence electrons. The monoisotopic (exact) mass is 532 g/mol. The molecule has 1 aliphatic heterocycles. The van der Waals surface area contributed by atoms with Gasteiger partial charge in [0.1, 0.15) is 5.82 Å². The number of carbonyl (C=O) groups is 1. The Hall–Kier alpha value is -2.09. The summed E-state index contributed by atoms with van der Waals surface area (Å²) in [5, 5.41) is 5.28. The minimum absolute atomic E-state index is 0. The Bertz CT molecular complexity index is 1220. The van der Waals surface area contributed by atoms with Crippen LogP contribution in [0.2, 0.25) is 0 Å². The molecule has 0 bridgehead atoms. The van der Waals surface area contributed by atoms with Gasteiger partial charge >= 0.3 is 43.4 Å². The van der Waals surface area contributed by atoms with Crippen molar-refractivity contribution in [3.8, 4) is 11.1 Å². The van der Waals surface area contributed by atoms with Crippen LogP contribution in [-0.2, 0) is 9.30 Å². The number of phosphoric acid groups is 1. The summed E-state index contributed by atoms with van der Waals surface area (Å²) in [6.07, 6.45) is 4.40. The smallest absolute Gasteiger partial charge is 0.373 e. The van der Waals surface area contributed by atoms with E-state index >= 15 is 4.39 Å². The van der Waals surface area contributed by atoms with E-state index in [0.717, 1.165) is 12.3 Å². The number of carbonyl (C=O) groups excluding carboxylic acids is 1. The minimum Gasteiger partial charge on any atom is -0.373 e. The number of aromatic nitrogens is 4. The number of rotatable bonds is 5. The maximum Gasteiger partial charge on any atom is 1.00 e. The van der Waals surface area contributed by atoms with Crippen LogP contribution in [0, 0.1) is 11.7 Å². The van der Waals surface area contributed by atoms with Crippen molar-refractivity contribution in [1.82, 2.24) is 25.3 Å². The van der Waals surface area contributed by atoms with Gasteiger partial charge in [-0.05, 0) is 31.7 Å². The molecule has 0 spiro atoms. The molecule has 1 aliphatic rings.